The van der Waals surface area contributed by atoms with Crippen LogP contribution in [0.4, 0.5) is 5.69 Å². The number of hydrogen-bond donors (Lipinski definition) is 2. The first-order valence-electron chi connectivity index (χ1n) is 6.51. The van der Waals surface area contributed by atoms with E-state index in [1.54, 1.807) is 31.3 Å². The molecular weight excluding hydrogens is 323 g/mol. The van der Waals surface area contributed by atoms with Gasteiger partial charge in [-0.1, -0.05) is 23.2 Å². The Hall–Kier alpha value is -2.04. The van der Waals surface area contributed by atoms with Crippen LogP contribution in [0.2, 0.25) is 10.0 Å². The Labute approximate surface area is 138 Å². The standard InChI is InChI=1S/C16H14Cl2N2O2/c1-9-5-10(15(21)19-2)3-4-14(9)20-16(22)11-6-12(17)8-13(18)7-11/h3-8H,1-2H3,(H,19,21)(H,20,22). The second-order valence-electron chi connectivity index (χ2n) is 4.72. The molecule has 6 heteroatoms. The molecule has 0 saturated carbocycles. The van der Waals surface area contributed by atoms with E-state index in [1.807, 2.05) is 6.92 Å². The molecule has 0 atom stereocenters. The highest BCUT2D eigenvalue weighted by molar-refractivity contribution is 6.35. The molecule has 2 N–H and O–H groups in total. The minimum Gasteiger partial charge on any atom is -0.355 e. The first-order valence-corrected chi connectivity index (χ1v) is 7.26. The molecule has 0 radical (unpaired) electrons. The summed E-state index contributed by atoms with van der Waals surface area (Å²) < 4.78 is 0. The highest BCUT2D eigenvalue weighted by atomic mass is 35.5. The number of aryl methyl sites for hydroxylation is 1. The Kier molecular flexibility index (Phi) is 5.06. The van der Waals surface area contributed by atoms with E-state index in [0.717, 1.165) is 5.56 Å². The summed E-state index contributed by atoms with van der Waals surface area (Å²) in [6.07, 6.45) is 0. The van der Waals surface area contributed by atoms with Gasteiger partial charge in [-0.25, -0.2) is 0 Å². The molecule has 0 aliphatic carbocycles. The average Bonchev–Trinajstić information content (AvgIpc) is 2.47. The third-order valence-electron chi connectivity index (χ3n) is 3.09. The average molecular weight is 337 g/mol. The molecule has 0 bridgehead atoms. The van der Waals surface area contributed by atoms with E-state index in [2.05, 4.69) is 10.6 Å². The number of carbonyl (C=O) groups is 2. The molecule has 0 aliphatic rings. The third-order valence-corrected chi connectivity index (χ3v) is 3.53. The highest BCUT2D eigenvalue weighted by Crippen LogP contribution is 2.21. The van der Waals surface area contributed by atoms with E-state index < -0.39 is 0 Å². The number of nitrogens with one attached hydrogen (secondary N) is 2. The summed E-state index contributed by atoms with van der Waals surface area (Å²) in [6.45, 7) is 1.81. The van der Waals surface area contributed by atoms with Gasteiger partial charge in [-0.3, -0.25) is 9.59 Å². The van der Waals surface area contributed by atoms with Gasteiger partial charge in [0.15, 0.2) is 0 Å². The fraction of sp³-hybridized carbons (Fsp3) is 0.125. The molecule has 4 nitrogen and oxygen atoms in total. The lowest BCUT2D eigenvalue weighted by Gasteiger charge is -2.10. The van der Waals surface area contributed by atoms with E-state index in [0.29, 0.717) is 26.9 Å². The minimum absolute atomic E-state index is 0.178. The molecule has 2 rings (SSSR count). The van der Waals surface area contributed by atoms with Crippen LogP contribution in [0, 0.1) is 6.92 Å². The molecule has 0 unspecified atom stereocenters. The molecule has 0 fully saturated rings. The van der Waals surface area contributed by atoms with Crippen LogP contribution in [0.1, 0.15) is 26.3 Å². The van der Waals surface area contributed by atoms with E-state index in [9.17, 15) is 9.59 Å². The van der Waals surface area contributed by atoms with Gasteiger partial charge in [0, 0.05) is 33.9 Å². The van der Waals surface area contributed by atoms with Crippen molar-refractivity contribution in [1.82, 2.24) is 5.32 Å². The van der Waals surface area contributed by atoms with Crippen LogP contribution >= 0.6 is 23.2 Å². The van der Waals surface area contributed by atoms with E-state index in [1.165, 1.54) is 12.1 Å². The molecule has 0 aromatic heterocycles. The molecule has 2 aromatic rings. The van der Waals surface area contributed by atoms with Gasteiger partial charge < -0.3 is 10.6 Å². The Morgan fingerprint density at radius 3 is 2.09 bits per heavy atom. The molecule has 0 heterocycles. The summed E-state index contributed by atoms with van der Waals surface area (Å²) in [5, 5.41) is 6.11. The van der Waals surface area contributed by atoms with Crippen LogP contribution in [-0.4, -0.2) is 18.9 Å². The zero-order chi connectivity index (χ0) is 16.3. The molecule has 0 saturated heterocycles. The minimum atomic E-state index is -0.319. The van der Waals surface area contributed by atoms with Gasteiger partial charge in [0.2, 0.25) is 0 Å². The molecule has 0 aliphatic heterocycles. The van der Waals surface area contributed by atoms with E-state index in [-0.39, 0.29) is 11.8 Å². The zero-order valence-electron chi connectivity index (χ0n) is 12.0. The Balaban J connectivity index is 2.23. The Morgan fingerprint density at radius 1 is 0.909 bits per heavy atom. The topological polar surface area (TPSA) is 58.2 Å². The summed E-state index contributed by atoms with van der Waals surface area (Å²) in [5.74, 6) is -0.497. The molecule has 2 amide bonds. The zero-order valence-corrected chi connectivity index (χ0v) is 13.5. The van der Waals surface area contributed by atoms with Crippen LogP contribution in [-0.2, 0) is 0 Å². The Morgan fingerprint density at radius 2 is 1.55 bits per heavy atom. The van der Waals surface area contributed by atoms with Crippen molar-refractivity contribution < 1.29 is 9.59 Å². The number of halogens is 2. The first-order chi connectivity index (χ1) is 10.4. The van der Waals surface area contributed by atoms with Crippen LogP contribution in [0.15, 0.2) is 36.4 Å². The van der Waals surface area contributed by atoms with Crippen LogP contribution in [0.25, 0.3) is 0 Å². The van der Waals surface area contributed by atoms with Gasteiger partial charge in [-0.2, -0.15) is 0 Å². The number of benzene rings is 2. The van der Waals surface area contributed by atoms with Crippen molar-refractivity contribution in [2.24, 2.45) is 0 Å². The lowest BCUT2D eigenvalue weighted by molar-refractivity contribution is 0.0962. The van der Waals surface area contributed by atoms with Crippen molar-refractivity contribution >= 4 is 40.7 Å². The molecule has 22 heavy (non-hydrogen) atoms. The van der Waals surface area contributed by atoms with Gasteiger partial charge in [0.1, 0.15) is 0 Å². The van der Waals surface area contributed by atoms with Gasteiger partial charge in [-0.15, -0.1) is 0 Å². The summed E-state index contributed by atoms with van der Waals surface area (Å²) >= 11 is 11.8. The maximum absolute atomic E-state index is 12.2. The number of hydrogen-bond acceptors (Lipinski definition) is 2. The fourth-order valence-corrected chi connectivity index (χ4v) is 2.49. The van der Waals surface area contributed by atoms with Gasteiger partial charge in [0.05, 0.1) is 0 Å². The summed E-state index contributed by atoms with van der Waals surface area (Å²) in [7, 11) is 1.57. The second kappa shape index (κ2) is 6.81. The molecular formula is C16H14Cl2N2O2. The van der Waals surface area contributed by atoms with Crippen LogP contribution in [0.3, 0.4) is 0 Å². The highest BCUT2D eigenvalue weighted by Gasteiger charge is 2.11. The van der Waals surface area contributed by atoms with E-state index >= 15 is 0 Å². The fourth-order valence-electron chi connectivity index (χ4n) is 1.97. The predicted octanol–water partition coefficient (Wildman–Crippen LogP) is 3.91. The molecule has 114 valence electrons. The van der Waals surface area contributed by atoms with Crippen LogP contribution < -0.4 is 10.6 Å². The largest absolute Gasteiger partial charge is 0.355 e. The Bertz CT molecular complexity index is 725. The van der Waals surface area contributed by atoms with Crippen molar-refractivity contribution in [3.8, 4) is 0 Å². The third kappa shape index (κ3) is 3.78. The molecule has 0 spiro atoms. The van der Waals surface area contributed by atoms with Crippen LogP contribution in [0.5, 0.6) is 0 Å². The maximum Gasteiger partial charge on any atom is 0.255 e. The van der Waals surface area contributed by atoms with Gasteiger partial charge in [-0.05, 0) is 48.9 Å². The lowest BCUT2D eigenvalue weighted by Crippen LogP contribution is -2.18. The predicted molar refractivity (Wildman–Crippen MR) is 89.0 cm³/mol. The maximum atomic E-state index is 12.2. The summed E-state index contributed by atoms with van der Waals surface area (Å²) in [4.78, 5) is 23.8. The SMILES string of the molecule is CNC(=O)c1ccc(NC(=O)c2cc(Cl)cc(Cl)c2)c(C)c1. The van der Waals surface area contributed by atoms with Crippen molar-refractivity contribution in [3.05, 3.63) is 63.1 Å². The monoisotopic (exact) mass is 336 g/mol. The second-order valence-corrected chi connectivity index (χ2v) is 5.59. The van der Waals surface area contributed by atoms with Crippen molar-refractivity contribution in [3.63, 3.8) is 0 Å². The number of anilines is 1. The van der Waals surface area contributed by atoms with Gasteiger partial charge in [0.25, 0.3) is 11.8 Å². The summed E-state index contributed by atoms with van der Waals surface area (Å²) in [5.41, 5.74) is 2.30. The quantitative estimate of drug-likeness (QED) is 0.892. The smallest absolute Gasteiger partial charge is 0.255 e. The number of carbonyl (C=O) groups excluding carboxylic acids is 2. The van der Waals surface area contributed by atoms with Gasteiger partial charge >= 0.3 is 0 Å². The van der Waals surface area contributed by atoms with E-state index in [4.69, 9.17) is 23.2 Å². The first kappa shape index (κ1) is 16.3. The number of rotatable bonds is 3. The lowest BCUT2D eigenvalue weighted by atomic mass is 10.1. The normalized spacial score (nSPS) is 10.2. The summed E-state index contributed by atoms with van der Waals surface area (Å²) in [6, 6.07) is 9.67. The van der Waals surface area contributed by atoms with Crippen molar-refractivity contribution in [2.75, 3.05) is 12.4 Å². The number of amides is 2. The molecule has 2 aromatic carbocycles. The van der Waals surface area contributed by atoms with Crippen molar-refractivity contribution in [2.45, 2.75) is 6.92 Å². The van der Waals surface area contributed by atoms with Crippen molar-refractivity contribution in [1.29, 1.82) is 0 Å².